The summed E-state index contributed by atoms with van der Waals surface area (Å²) in [6.45, 7) is 3.60. The second-order valence-corrected chi connectivity index (χ2v) is 9.16. The molecule has 0 radical (unpaired) electrons. The van der Waals surface area contributed by atoms with E-state index in [0.29, 0.717) is 0 Å². The van der Waals surface area contributed by atoms with E-state index in [0.717, 1.165) is 47.7 Å². The molecule has 0 bridgehead atoms. The van der Waals surface area contributed by atoms with Crippen molar-refractivity contribution in [2.24, 2.45) is 5.92 Å². The first-order valence-corrected chi connectivity index (χ1v) is 11.3. The molecular formula is C22H28N4S. The molecular weight excluding hydrogens is 352 g/mol. The fourth-order valence-corrected chi connectivity index (χ4v) is 5.60. The first kappa shape index (κ1) is 17.5. The van der Waals surface area contributed by atoms with Crippen molar-refractivity contribution in [1.82, 2.24) is 14.9 Å². The fourth-order valence-electron chi connectivity index (χ4n) is 4.80. The molecule has 2 atom stereocenters. The van der Waals surface area contributed by atoms with Gasteiger partial charge < -0.3 is 4.90 Å². The number of anilines is 1. The summed E-state index contributed by atoms with van der Waals surface area (Å²) in [4.78, 5) is 14.7. The fraction of sp³-hybridized carbons (Fsp3) is 0.545. The van der Waals surface area contributed by atoms with Crippen LogP contribution in [0.1, 0.15) is 37.7 Å². The standard InChI is InChI=1S/C22H28N4S/c1-2-5-17(6-3-1)16-27-22-14-23-13-21(24-22)25-12-10-20-18(15-25)7-4-11-26(20)19-8-9-19/h1-3,5-6,13-14,18-20H,4,7-12,15-16H2. The van der Waals surface area contributed by atoms with Gasteiger partial charge in [0.2, 0.25) is 0 Å². The number of thioether (sulfide) groups is 1. The Morgan fingerprint density at radius 1 is 1.00 bits per heavy atom. The second kappa shape index (κ2) is 7.80. The monoisotopic (exact) mass is 380 g/mol. The summed E-state index contributed by atoms with van der Waals surface area (Å²) in [5.41, 5.74) is 1.33. The minimum atomic E-state index is 0.801. The number of hydrogen-bond donors (Lipinski definition) is 0. The van der Waals surface area contributed by atoms with Crippen LogP contribution < -0.4 is 4.90 Å². The highest BCUT2D eigenvalue weighted by atomic mass is 32.2. The SMILES string of the molecule is c1ccc(CSc2cncc(N3CCC4C(CCCN4C4CC4)C3)n2)cc1. The molecule has 5 heteroatoms. The zero-order valence-electron chi connectivity index (χ0n) is 15.8. The number of aromatic nitrogens is 2. The Kier molecular flexibility index (Phi) is 5.06. The topological polar surface area (TPSA) is 32.3 Å². The number of fused-ring (bicyclic) bond motifs is 1. The van der Waals surface area contributed by atoms with E-state index >= 15 is 0 Å². The smallest absolute Gasteiger partial charge is 0.148 e. The van der Waals surface area contributed by atoms with Gasteiger partial charge in [-0.1, -0.05) is 30.3 Å². The van der Waals surface area contributed by atoms with Crippen LogP contribution in [-0.2, 0) is 5.75 Å². The van der Waals surface area contributed by atoms with Gasteiger partial charge >= 0.3 is 0 Å². The predicted octanol–water partition coefficient (Wildman–Crippen LogP) is 4.22. The summed E-state index contributed by atoms with van der Waals surface area (Å²) < 4.78 is 0. The Morgan fingerprint density at radius 2 is 1.89 bits per heavy atom. The summed E-state index contributed by atoms with van der Waals surface area (Å²) in [5.74, 6) is 2.81. The number of benzene rings is 1. The average Bonchev–Trinajstić information content (AvgIpc) is 3.58. The highest BCUT2D eigenvalue weighted by molar-refractivity contribution is 7.98. The van der Waals surface area contributed by atoms with E-state index in [-0.39, 0.29) is 0 Å². The van der Waals surface area contributed by atoms with Crippen LogP contribution in [0.15, 0.2) is 47.8 Å². The van der Waals surface area contributed by atoms with Gasteiger partial charge in [-0.2, -0.15) is 0 Å². The zero-order valence-corrected chi connectivity index (χ0v) is 16.7. The van der Waals surface area contributed by atoms with Gasteiger partial charge in [-0.25, -0.2) is 4.98 Å². The third kappa shape index (κ3) is 3.99. The van der Waals surface area contributed by atoms with Crippen molar-refractivity contribution >= 4 is 17.6 Å². The molecule has 0 amide bonds. The highest BCUT2D eigenvalue weighted by Crippen LogP contribution is 2.39. The lowest BCUT2D eigenvalue weighted by molar-refractivity contribution is 0.0696. The molecule has 3 heterocycles. The summed E-state index contributed by atoms with van der Waals surface area (Å²) >= 11 is 1.78. The Balaban J connectivity index is 1.24. The molecule has 1 aromatic heterocycles. The van der Waals surface area contributed by atoms with Crippen molar-refractivity contribution in [3.05, 3.63) is 48.3 Å². The molecule has 2 unspecified atom stereocenters. The van der Waals surface area contributed by atoms with Crippen LogP contribution in [0.5, 0.6) is 0 Å². The van der Waals surface area contributed by atoms with Gasteiger partial charge in [0.25, 0.3) is 0 Å². The zero-order chi connectivity index (χ0) is 18.1. The third-order valence-electron chi connectivity index (χ3n) is 6.28. The minimum absolute atomic E-state index is 0.801. The van der Waals surface area contributed by atoms with Crippen LogP contribution in [-0.4, -0.2) is 46.6 Å². The molecule has 4 nitrogen and oxygen atoms in total. The van der Waals surface area contributed by atoms with Crippen molar-refractivity contribution in [3.8, 4) is 0 Å². The van der Waals surface area contributed by atoms with Gasteiger partial charge in [-0.05, 0) is 50.1 Å². The summed E-state index contributed by atoms with van der Waals surface area (Å²) in [7, 11) is 0. The minimum Gasteiger partial charge on any atom is -0.355 e. The van der Waals surface area contributed by atoms with Crippen molar-refractivity contribution in [2.75, 3.05) is 24.5 Å². The van der Waals surface area contributed by atoms with E-state index in [1.807, 2.05) is 12.4 Å². The quantitative estimate of drug-likeness (QED) is 0.725. The first-order valence-electron chi connectivity index (χ1n) is 10.4. The van der Waals surface area contributed by atoms with Crippen molar-refractivity contribution < 1.29 is 0 Å². The van der Waals surface area contributed by atoms with Gasteiger partial charge in [0.1, 0.15) is 10.8 Å². The lowest BCUT2D eigenvalue weighted by Gasteiger charge is -2.47. The van der Waals surface area contributed by atoms with Crippen molar-refractivity contribution in [2.45, 2.75) is 55.0 Å². The Labute approximate surface area is 166 Å². The molecule has 1 saturated carbocycles. The van der Waals surface area contributed by atoms with E-state index < -0.39 is 0 Å². The largest absolute Gasteiger partial charge is 0.355 e. The molecule has 27 heavy (non-hydrogen) atoms. The second-order valence-electron chi connectivity index (χ2n) is 8.16. The Morgan fingerprint density at radius 3 is 2.74 bits per heavy atom. The summed E-state index contributed by atoms with van der Waals surface area (Å²) in [6, 6.07) is 12.3. The van der Waals surface area contributed by atoms with Crippen LogP contribution in [0.2, 0.25) is 0 Å². The number of piperidine rings is 2. The summed E-state index contributed by atoms with van der Waals surface area (Å²) in [5, 5.41) is 1.03. The molecule has 1 aliphatic carbocycles. The normalized spacial score (nSPS) is 26.0. The van der Waals surface area contributed by atoms with E-state index in [1.165, 1.54) is 44.2 Å². The van der Waals surface area contributed by atoms with Gasteiger partial charge in [0.05, 0.1) is 12.4 Å². The molecule has 2 saturated heterocycles. The van der Waals surface area contributed by atoms with Crippen LogP contribution >= 0.6 is 11.8 Å². The van der Waals surface area contributed by atoms with E-state index in [1.54, 1.807) is 11.8 Å². The van der Waals surface area contributed by atoms with Crippen molar-refractivity contribution in [1.29, 1.82) is 0 Å². The molecule has 1 aromatic carbocycles. The maximum Gasteiger partial charge on any atom is 0.148 e. The first-order chi connectivity index (χ1) is 13.4. The molecule has 5 rings (SSSR count). The Hall–Kier alpha value is -1.59. The molecule has 0 spiro atoms. The van der Waals surface area contributed by atoms with Crippen LogP contribution in [0.3, 0.4) is 0 Å². The third-order valence-corrected chi connectivity index (χ3v) is 7.25. The molecule has 2 aromatic rings. The number of likely N-dealkylation sites (tertiary alicyclic amines) is 1. The number of rotatable bonds is 5. The molecule has 3 aliphatic rings. The van der Waals surface area contributed by atoms with Crippen molar-refractivity contribution in [3.63, 3.8) is 0 Å². The van der Waals surface area contributed by atoms with Gasteiger partial charge in [-0.3, -0.25) is 9.88 Å². The summed E-state index contributed by atoms with van der Waals surface area (Å²) in [6.07, 6.45) is 10.7. The predicted molar refractivity (Wildman–Crippen MR) is 111 cm³/mol. The van der Waals surface area contributed by atoms with Crippen LogP contribution in [0.4, 0.5) is 5.82 Å². The van der Waals surface area contributed by atoms with Crippen LogP contribution in [0.25, 0.3) is 0 Å². The number of nitrogens with zero attached hydrogens (tertiary/aromatic N) is 4. The van der Waals surface area contributed by atoms with Gasteiger partial charge in [-0.15, -0.1) is 11.8 Å². The molecule has 142 valence electrons. The van der Waals surface area contributed by atoms with Gasteiger partial charge in [0.15, 0.2) is 0 Å². The van der Waals surface area contributed by atoms with E-state index in [2.05, 4.69) is 45.1 Å². The van der Waals surface area contributed by atoms with E-state index in [4.69, 9.17) is 4.98 Å². The lowest BCUT2D eigenvalue weighted by atomic mass is 9.83. The molecule has 0 N–H and O–H groups in total. The number of hydrogen-bond acceptors (Lipinski definition) is 5. The van der Waals surface area contributed by atoms with Gasteiger partial charge in [0, 0.05) is 30.9 Å². The lowest BCUT2D eigenvalue weighted by Crippen LogP contribution is -2.54. The molecule has 3 fully saturated rings. The maximum absolute atomic E-state index is 4.93. The molecule has 2 aliphatic heterocycles. The maximum atomic E-state index is 4.93. The van der Waals surface area contributed by atoms with E-state index in [9.17, 15) is 0 Å². The highest BCUT2D eigenvalue weighted by Gasteiger charge is 2.42. The van der Waals surface area contributed by atoms with Crippen LogP contribution in [0, 0.1) is 5.92 Å². The average molecular weight is 381 g/mol. The Bertz CT molecular complexity index is 764.